The summed E-state index contributed by atoms with van der Waals surface area (Å²) in [5.41, 5.74) is 0. The van der Waals surface area contributed by atoms with Crippen LogP contribution in [0.2, 0.25) is 0 Å². The lowest BCUT2D eigenvalue weighted by Crippen LogP contribution is -2.09. The van der Waals surface area contributed by atoms with E-state index in [1.807, 2.05) is 0 Å². The predicted octanol–water partition coefficient (Wildman–Crippen LogP) is 1.10. The van der Waals surface area contributed by atoms with Gasteiger partial charge in [0.25, 0.3) is 0 Å². The van der Waals surface area contributed by atoms with Crippen LogP contribution in [-0.4, -0.2) is 35.2 Å². The Morgan fingerprint density at radius 2 is 2.09 bits per heavy atom. The quantitative estimate of drug-likeness (QED) is 0.618. The number of aliphatic hydroxyl groups excluding tert-OH is 1. The molecule has 1 unspecified atom stereocenters. The Morgan fingerprint density at radius 1 is 1.45 bits per heavy atom. The Morgan fingerprint density at radius 3 is 2.45 bits per heavy atom. The molecule has 66 valence electrons. The topological polar surface area (TPSA) is 23.2 Å². The van der Waals surface area contributed by atoms with Gasteiger partial charge < -0.3 is 5.11 Å². The van der Waals surface area contributed by atoms with Crippen molar-refractivity contribution in [2.75, 3.05) is 13.2 Å². The van der Waals surface area contributed by atoms with Gasteiger partial charge in [-0.1, -0.05) is 13.8 Å². The van der Waals surface area contributed by atoms with Crippen LogP contribution in [0.5, 0.6) is 0 Å². The van der Waals surface area contributed by atoms with Gasteiger partial charge in [0, 0.05) is 25.2 Å². The summed E-state index contributed by atoms with van der Waals surface area (Å²) in [5, 5.41) is 8.63. The molecular formula is C9H19NO. The Bertz CT molecular complexity index is 125. The minimum absolute atomic E-state index is 0.327. The summed E-state index contributed by atoms with van der Waals surface area (Å²) >= 11 is 0. The van der Waals surface area contributed by atoms with Gasteiger partial charge in [-0.2, -0.15) is 0 Å². The molecular weight excluding hydrogens is 138 g/mol. The van der Waals surface area contributed by atoms with Gasteiger partial charge in [-0.3, -0.25) is 4.90 Å². The van der Waals surface area contributed by atoms with Crippen LogP contribution < -0.4 is 0 Å². The highest BCUT2D eigenvalue weighted by molar-refractivity contribution is 5.00. The van der Waals surface area contributed by atoms with Crippen molar-refractivity contribution in [2.45, 2.75) is 39.3 Å². The second kappa shape index (κ2) is 3.55. The molecule has 3 atom stereocenters. The summed E-state index contributed by atoms with van der Waals surface area (Å²) < 4.78 is 0. The number of aliphatic hydroxyl groups is 1. The van der Waals surface area contributed by atoms with Crippen LogP contribution in [0, 0.1) is 5.92 Å². The van der Waals surface area contributed by atoms with E-state index in [4.69, 9.17) is 5.11 Å². The molecule has 0 saturated carbocycles. The van der Waals surface area contributed by atoms with Crippen LogP contribution in [0.3, 0.4) is 0 Å². The smallest absolute Gasteiger partial charge is 0.0443 e. The van der Waals surface area contributed by atoms with Crippen molar-refractivity contribution in [1.82, 2.24) is 4.90 Å². The van der Waals surface area contributed by atoms with Gasteiger partial charge in [-0.05, 0) is 19.3 Å². The zero-order valence-electron chi connectivity index (χ0n) is 7.75. The second-order valence-electron chi connectivity index (χ2n) is 3.79. The van der Waals surface area contributed by atoms with Crippen molar-refractivity contribution < 1.29 is 5.11 Å². The van der Waals surface area contributed by atoms with Gasteiger partial charge in [0.05, 0.1) is 0 Å². The average molecular weight is 157 g/mol. The van der Waals surface area contributed by atoms with E-state index in [1.165, 1.54) is 0 Å². The number of rotatable bonds is 4. The van der Waals surface area contributed by atoms with Crippen molar-refractivity contribution in [3.8, 4) is 0 Å². The summed E-state index contributed by atoms with van der Waals surface area (Å²) in [6.45, 7) is 8.19. The monoisotopic (exact) mass is 157 g/mol. The molecule has 0 aliphatic carbocycles. The van der Waals surface area contributed by atoms with Crippen molar-refractivity contribution in [3.63, 3.8) is 0 Å². The van der Waals surface area contributed by atoms with Crippen LogP contribution in [0.1, 0.15) is 27.2 Å². The SMILES string of the molecule is CC(C)[C@@H]1[C@@H](C)N1CCCO. The maximum Gasteiger partial charge on any atom is 0.0443 e. The summed E-state index contributed by atoms with van der Waals surface area (Å²) in [4.78, 5) is 2.46. The third-order valence-corrected chi connectivity index (χ3v) is 2.57. The molecule has 0 aromatic carbocycles. The minimum atomic E-state index is 0.327. The molecule has 0 aromatic rings. The van der Waals surface area contributed by atoms with E-state index in [0.29, 0.717) is 6.61 Å². The molecule has 0 bridgehead atoms. The van der Waals surface area contributed by atoms with Crippen LogP contribution in [0.4, 0.5) is 0 Å². The largest absolute Gasteiger partial charge is 0.396 e. The van der Waals surface area contributed by atoms with Gasteiger partial charge in [-0.25, -0.2) is 0 Å². The van der Waals surface area contributed by atoms with Crippen molar-refractivity contribution in [3.05, 3.63) is 0 Å². The van der Waals surface area contributed by atoms with E-state index in [9.17, 15) is 0 Å². The van der Waals surface area contributed by atoms with Gasteiger partial charge in [0.2, 0.25) is 0 Å². The van der Waals surface area contributed by atoms with Gasteiger partial charge in [0.1, 0.15) is 0 Å². The zero-order valence-corrected chi connectivity index (χ0v) is 7.75. The molecule has 1 heterocycles. The Balaban J connectivity index is 2.19. The number of nitrogens with zero attached hydrogens (tertiary/aromatic N) is 1. The third-order valence-electron chi connectivity index (χ3n) is 2.57. The highest BCUT2D eigenvalue weighted by atomic mass is 16.3. The average Bonchev–Trinajstić information content (AvgIpc) is 2.57. The third kappa shape index (κ3) is 1.94. The fraction of sp³-hybridized carbons (Fsp3) is 1.00. The Kier molecular flexibility index (Phi) is 2.90. The zero-order chi connectivity index (χ0) is 8.43. The summed E-state index contributed by atoms with van der Waals surface area (Å²) in [6.07, 6.45) is 0.924. The first kappa shape index (κ1) is 9.01. The standard InChI is InChI=1S/C9H19NO/c1-7(2)9-8(3)10(9)5-4-6-11/h7-9,11H,4-6H2,1-3H3/t8-,9-,10?/m1/s1. The van der Waals surface area contributed by atoms with Gasteiger partial charge in [0.15, 0.2) is 0 Å². The summed E-state index contributed by atoms with van der Waals surface area (Å²) in [5.74, 6) is 0.767. The van der Waals surface area contributed by atoms with Crippen LogP contribution in [-0.2, 0) is 0 Å². The first-order chi connectivity index (χ1) is 5.18. The molecule has 1 saturated heterocycles. The van der Waals surface area contributed by atoms with E-state index in [1.54, 1.807) is 0 Å². The van der Waals surface area contributed by atoms with Gasteiger partial charge in [-0.15, -0.1) is 0 Å². The molecule has 1 aliphatic heterocycles. The van der Waals surface area contributed by atoms with Crippen molar-refractivity contribution in [1.29, 1.82) is 0 Å². The molecule has 1 N–H and O–H groups in total. The summed E-state index contributed by atoms with van der Waals surface area (Å²) in [7, 11) is 0. The lowest BCUT2D eigenvalue weighted by Gasteiger charge is -2.03. The molecule has 1 aliphatic rings. The molecule has 0 spiro atoms. The lowest BCUT2D eigenvalue weighted by molar-refractivity contribution is 0.270. The molecule has 0 radical (unpaired) electrons. The molecule has 0 amide bonds. The number of hydrogen-bond acceptors (Lipinski definition) is 2. The van der Waals surface area contributed by atoms with Crippen LogP contribution in [0.15, 0.2) is 0 Å². The maximum atomic E-state index is 8.63. The van der Waals surface area contributed by atoms with Crippen molar-refractivity contribution in [2.24, 2.45) is 5.92 Å². The summed E-state index contributed by atoms with van der Waals surface area (Å²) in [6, 6.07) is 1.53. The predicted molar refractivity (Wildman–Crippen MR) is 46.5 cm³/mol. The lowest BCUT2D eigenvalue weighted by atomic mass is 10.1. The Labute approximate surface area is 69.2 Å². The molecule has 2 nitrogen and oxygen atoms in total. The van der Waals surface area contributed by atoms with E-state index < -0.39 is 0 Å². The normalized spacial score (nSPS) is 36.3. The van der Waals surface area contributed by atoms with Gasteiger partial charge >= 0.3 is 0 Å². The first-order valence-corrected chi connectivity index (χ1v) is 4.55. The van der Waals surface area contributed by atoms with Crippen molar-refractivity contribution >= 4 is 0 Å². The van der Waals surface area contributed by atoms with E-state index >= 15 is 0 Å². The number of hydrogen-bond donors (Lipinski definition) is 1. The van der Waals surface area contributed by atoms with Crippen LogP contribution in [0.25, 0.3) is 0 Å². The fourth-order valence-electron chi connectivity index (χ4n) is 1.98. The van der Waals surface area contributed by atoms with Crippen LogP contribution >= 0.6 is 0 Å². The highest BCUT2D eigenvalue weighted by Crippen LogP contribution is 2.33. The second-order valence-corrected chi connectivity index (χ2v) is 3.79. The molecule has 2 heteroatoms. The molecule has 1 fully saturated rings. The molecule has 0 aromatic heterocycles. The fourth-order valence-corrected chi connectivity index (χ4v) is 1.98. The maximum absolute atomic E-state index is 8.63. The first-order valence-electron chi connectivity index (χ1n) is 4.55. The molecule has 1 rings (SSSR count). The van der Waals surface area contributed by atoms with E-state index in [0.717, 1.165) is 31.0 Å². The molecule has 11 heavy (non-hydrogen) atoms. The Hall–Kier alpha value is -0.0800. The highest BCUT2D eigenvalue weighted by Gasteiger charge is 2.44. The van der Waals surface area contributed by atoms with E-state index in [-0.39, 0.29) is 0 Å². The minimum Gasteiger partial charge on any atom is -0.396 e. The van der Waals surface area contributed by atoms with E-state index in [2.05, 4.69) is 25.7 Å².